The second kappa shape index (κ2) is 12.6. The Morgan fingerprint density at radius 2 is 1.86 bits per heavy atom. The Morgan fingerprint density at radius 1 is 1.14 bits per heavy atom. The lowest BCUT2D eigenvalue weighted by Crippen LogP contribution is -2.43. The van der Waals surface area contributed by atoms with E-state index >= 15 is 0 Å². The van der Waals surface area contributed by atoms with Gasteiger partial charge in [-0.2, -0.15) is 17.6 Å². The molecule has 2 aromatic heterocycles. The van der Waals surface area contributed by atoms with Crippen molar-refractivity contribution in [2.45, 2.75) is 31.5 Å². The van der Waals surface area contributed by atoms with Crippen LogP contribution in [0.2, 0.25) is 0 Å². The molecule has 2 heterocycles. The number of hydrogen-bond donors (Lipinski definition) is 8. The maximum absolute atomic E-state index is 12.5. The maximum Gasteiger partial charge on any atom is 0.326 e. The third kappa shape index (κ3) is 7.62. The largest absolute Gasteiger partial charge is 0.480 e. The molecule has 2 unspecified atom stereocenters. The van der Waals surface area contributed by atoms with Crippen LogP contribution in [-0.2, 0) is 16.1 Å². The fourth-order valence-corrected chi connectivity index (χ4v) is 3.42. The molecule has 15 heteroatoms. The van der Waals surface area contributed by atoms with Crippen molar-refractivity contribution in [3.63, 3.8) is 0 Å². The number of carbonyl (C=O) groups excluding carboxylic acids is 2. The Morgan fingerprint density at radius 3 is 2.51 bits per heavy atom. The number of nitrogen functional groups attached to an aromatic ring is 1. The molecule has 37 heavy (non-hydrogen) atoms. The number of aromatic nitrogens is 4. The van der Waals surface area contributed by atoms with Gasteiger partial charge < -0.3 is 31.9 Å². The van der Waals surface area contributed by atoms with E-state index in [1.807, 2.05) is 0 Å². The van der Waals surface area contributed by atoms with Crippen LogP contribution < -0.4 is 27.2 Å². The van der Waals surface area contributed by atoms with Gasteiger partial charge >= 0.3 is 5.97 Å². The van der Waals surface area contributed by atoms with Crippen LogP contribution in [0.1, 0.15) is 28.9 Å². The maximum atomic E-state index is 12.5. The van der Waals surface area contributed by atoms with E-state index in [2.05, 4.69) is 48.5 Å². The summed E-state index contributed by atoms with van der Waals surface area (Å²) in [6.07, 6.45) is 1.17. The van der Waals surface area contributed by atoms with Gasteiger partial charge in [0, 0.05) is 23.4 Å². The summed E-state index contributed by atoms with van der Waals surface area (Å²) >= 11 is 4.00. The number of rotatable bonds is 12. The number of hydrogen-bond acceptors (Lipinski definition) is 11. The van der Waals surface area contributed by atoms with Gasteiger partial charge in [-0.25, -0.2) is 14.8 Å². The predicted molar refractivity (Wildman–Crippen MR) is 137 cm³/mol. The van der Waals surface area contributed by atoms with Crippen LogP contribution in [0, 0.1) is 0 Å². The highest BCUT2D eigenvalue weighted by Crippen LogP contribution is 2.12. The number of aliphatic carboxylic acids is 1. The van der Waals surface area contributed by atoms with Crippen molar-refractivity contribution in [1.29, 1.82) is 0 Å². The summed E-state index contributed by atoms with van der Waals surface area (Å²) in [6, 6.07) is 4.44. The number of anilines is 2. The van der Waals surface area contributed by atoms with Gasteiger partial charge in [0.15, 0.2) is 11.2 Å². The van der Waals surface area contributed by atoms with Gasteiger partial charge in [0.05, 0.1) is 31.1 Å². The zero-order valence-corrected chi connectivity index (χ0v) is 20.4. The molecule has 196 valence electrons. The molecule has 2 atom stereocenters. The van der Waals surface area contributed by atoms with E-state index in [9.17, 15) is 24.3 Å². The smallest absolute Gasteiger partial charge is 0.326 e. The van der Waals surface area contributed by atoms with Crippen LogP contribution >= 0.6 is 12.6 Å². The number of nitrogens with two attached hydrogens (primary N) is 1. The van der Waals surface area contributed by atoms with Crippen molar-refractivity contribution in [1.82, 2.24) is 30.6 Å². The van der Waals surface area contributed by atoms with Crippen LogP contribution in [0.15, 0.2) is 35.3 Å². The van der Waals surface area contributed by atoms with Crippen LogP contribution in [0.4, 0.5) is 11.6 Å². The SMILES string of the molecule is Nc1nc2ncc(CNc3ccc(C(=O)NC(CCC(=O)NC(CO)CS)C(=O)O)cc3)nc2c(=O)[nH]1. The van der Waals surface area contributed by atoms with Crippen molar-refractivity contribution in [3.8, 4) is 0 Å². The van der Waals surface area contributed by atoms with Gasteiger partial charge in [-0.1, -0.05) is 0 Å². The first kappa shape index (κ1) is 27.3. The zero-order chi connectivity index (χ0) is 26.9. The van der Waals surface area contributed by atoms with Gasteiger partial charge in [0.2, 0.25) is 11.9 Å². The van der Waals surface area contributed by atoms with Gasteiger partial charge in [-0.05, 0) is 30.7 Å². The first-order valence-corrected chi connectivity index (χ1v) is 11.7. The molecule has 1 aromatic carbocycles. The van der Waals surface area contributed by atoms with Crippen molar-refractivity contribution in [2.24, 2.45) is 0 Å². The number of nitrogens with one attached hydrogen (secondary N) is 4. The molecule has 14 nitrogen and oxygen atoms in total. The summed E-state index contributed by atoms with van der Waals surface area (Å²) in [5.41, 5.74) is 6.51. The van der Waals surface area contributed by atoms with Gasteiger partial charge in [0.25, 0.3) is 11.5 Å². The van der Waals surface area contributed by atoms with Crippen LogP contribution in [0.25, 0.3) is 11.2 Å². The van der Waals surface area contributed by atoms with Crippen molar-refractivity contribution < 1.29 is 24.6 Å². The molecule has 0 aliphatic rings. The third-order valence-electron chi connectivity index (χ3n) is 5.18. The average Bonchev–Trinajstić information content (AvgIpc) is 2.88. The molecule has 0 radical (unpaired) electrons. The Bertz CT molecular complexity index is 1330. The van der Waals surface area contributed by atoms with Crippen molar-refractivity contribution in [3.05, 3.63) is 52.1 Å². The third-order valence-corrected chi connectivity index (χ3v) is 5.62. The lowest BCUT2D eigenvalue weighted by Gasteiger charge is -2.17. The standard InChI is InChI=1S/C22H26N8O6S/c23-22-29-18-17(20(34)30-22)27-13(8-25-18)7-24-12-3-1-11(2-4-12)19(33)28-15(21(35)36)5-6-16(32)26-14(9-31)10-37/h1-4,8,14-15,24,31,37H,5-7,9-10H2,(H,26,32)(H,28,33)(H,35,36)(H3,23,25,29,30,34). The van der Waals surface area contributed by atoms with E-state index < -0.39 is 35.4 Å². The van der Waals surface area contributed by atoms with Crippen LogP contribution in [0.3, 0.4) is 0 Å². The van der Waals surface area contributed by atoms with Gasteiger partial charge in [-0.3, -0.25) is 19.4 Å². The summed E-state index contributed by atoms with van der Waals surface area (Å²) in [5, 5.41) is 26.6. The van der Waals surface area contributed by atoms with E-state index in [0.717, 1.165) is 0 Å². The van der Waals surface area contributed by atoms with Crippen LogP contribution in [0.5, 0.6) is 0 Å². The molecule has 2 amide bonds. The summed E-state index contributed by atoms with van der Waals surface area (Å²) in [7, 11) is 0. The lowest BCUT2D eigenvalue weighted by molar-refractivity contribution is -0.139. The number of aliphatic hydroxyl groups is 1. The van der Waals surface area contributed by atoms with Crippen LogP contribution in [-0.4, -0.2) is 72.4 Å². The van der Waals surface area contributed by atoms with E-state index in [1.165, 1.54) is 18.3 Å². The number of amides is 2. The highest BCUT2D eigenvalue weighted by molar-refractivity contribution is 7.80. The fourth-order valence-electron chi connectivity index (χ4n) is 3.21. The number of carboxylic acids is 1. The monoisotopic (exact) mass is 530 g/mol. The average molecular weight is 531 g/mol. The summed E-state index contributed by atoms with van der Waals surface area (Å²) < 4.78 is 0. The highest BCUT2D eigenvalue weighted by atomic mass is 32.1. The minimum atomic E-state index is -1.28. The van der Waals surface area contributed by atoms with Crippen molar-refractivity contribution >= 4 is 53.2 Å². The van der Waals surface area contributed by atoms with E-state index in [-0.39, 0.29) is 54.4 Å². The normalized spacial score (nSPS) is 12.5. The minimum absolute atomic E-state index is 0.0533. The summed E-state index contributed by atoms with van der Waals surface area (Å²) in [4.78, 5) is 62.6. The number of benzene rings is 1. The molecule has 0 fully saturated rings. The summed E-state index contributed by atoms with van der Waals surface area (Å²) in [6.45, 7) is -0.0620. The number of aliphatic hydroxyl groups excluding tert-OH is 1. The number of fused-ring (bicyclic) bond motifs is 1. The Kier molecular flexibility index (Phi) is 9.34. The molecule has 0 spiro atoms. The molecule has 0 saturated heterocycles. The number of aromatic amines is 1. The van der Waals surface area contributed by atoms with Gasteiger partial charge in [0.1, 0.15) is 6.04 Å². The number of carbonyl (C=O) groups is 3. The minimum Gasteiger partial charge on any atom is -0.480 e. The molecular formula is C22H26N8O6S. The lowest BCUT2D eigenvalue weighted by atomic mass is 10.1. The molecule has 3 aromatic rings. The zero-order valence-electron chi connectivity index (χ0n) is 19.5. The fraction of sp³-hybridized carbons (Fsp3) is 0.318. The molecule has 0 bridgehead atoms. The van der Waals surface area contributed by atoms with E-state index in [0.29, 0.717) is 11.4 Å². The molecule has 0 aliphatic carbocycles. The molecule has 3 rings (SSSR count). The molecule has 8 N–H and O–H groups in total. The highest BCUT2D eigenvalue weighted by Gasteiger charge is 2.22. The topological polar surface area (TPSA) is 225 Å². The van der Waals surface area contributed by atoms with E-state index in [1.54, 1.807) is 12.1 Å². The van der Waals surface area contributed by atoms with E-state index in [4.69, 9.17) is 10.8 Å². The first-order chi connectivity index (χ1) is 17.7. The number of H-pyrrole nitrogens is 1. The van der Waals surface area contributed by atoms with Gasteiger partial charge in [-0.15, -0.1) is 0 Å². The number of nitrogens with zero attached hydrogens (tertiary/aromatic N) is 3. The second-order valence-corrected chi connectivity index (χ2v) is 8.31. The molecule has 0 aliphatic heterocycles. The quantitative estimate of drug-likeness (QED) is 0.136. The first-order valence-electron chi connectivity index (χ1n) is 11.1. The van der Waals surface area contributed by atoms with Crippen molar-refractivity contribution in [2.75, 3.05) is 23.4 Å². The molecular weight excluding hydrogens is 504 g/mol. The summed E-state index contributed by atoms with van der Waals surface area (Å²) in [5.74, 6) is -2.17. The Hall–Kier alpha value is -4.24. The Balaban J connectivity index is 1.56. The molecule has 0 saturated carbocycles. The Labute approximate surface area is 215 Å². The predicted octanol–water partition coefficient (Wildman–Crippen LogP) is -0.722. The number of thiol groups is 1. The second-order valence-electron chi connectivity index (χ2n) is 7.95. The number of carboxylic acid groups (broad SMARTS) is 1.